The lowest BCUT2D eigenvalue weighted by Crippen LogP contribution is -2.03. The third-order valence-electron chi connectivity index (χ3n) is 9.13. The highest BCUT2D eigenvalue weighted by atomic mass is 16.3. The molecular weight excluding hydrogens is 585 g/mol. The van der Waals surface area contributed by atoms with Gasteiger partial charge in [-0.25, -0.2) is 4.98 Å². The summed E-state index contributed by atoms with van der Waals surface area (Å²) in [6.45, 7) is 0. The number of hydrogen-bond acceptors (Lipinski definition) is 2. The molecule has 2 heterocycles. The maximum absolute atomic E-state index is 6.23. The topological polar surface area (TPSA) is 31.0 Å². The third kappa shape index (κ3) is 4.81. The molecule has 226 valence electrons. The van der Waals surface area contributed by atoms with Crippen LogP contribution in [0, 0.1) is 0 Å². The fraction of sp³-hybridized carbons (Fsp3) is 0. The molecular formula is C45H30N2O. The molecule has 48 heavy (non-hydrogen) atoms. The molecule has 0 atom stereocenters. The van der Waals surface area contributed by atoms with Crippen molar-refractivity contribution in [2.45, 2.75) is 0 Å². The van der Waals surface area contributed by atoms with E-state index in [1.807, 2.05) is 12.3 Å². The van der Waals surface area contributed by atoms with Gasteiger partial charge in [-0.2, -0.15) is 0 Å². The fourth-order valence-electron chi connectivity index (χ4n) is 6.79. The van der Waals surface area contributed by atoms with Gasteiger partial charge in [-0.3, -0.25) is 4.57 Å². The summed E-state index contributed by atoms with van der Waals surface area (Å²) >= 11 is 0. The Bertz CT molecular complexity index is 2470. The minimum absolute atomic E-state index is 0.827. The number of imidazole rings is 1. The van der Waals surface area contributed by atoms with Crippen molar-refractivity contribution in [2.75, 3.05) is 0 Å². The van der Waals surface area contributed by atoms with Crippen molar-refractivity contribution in [3.8, 4) is 61.6 Å². The van der Waals surface area contributed by atoms with E-state index in [1.54, 1.807) is 0 Å². The molecule has 9 aromatic rings. The van der Waals surface area contributed by atoms with E-state index in [2.05, 4.69) is 174 Å². The van der Waals surface area contributed by atoms with E-state index in [0.717, 1.165) is 72.5 Å². The molecule has 7 aromatic carbocycles. The van der Waals surface area contributed by atoms with Crippen molar-refractivity contribution >= 4 is 22.0 Å². The monoisotopic (exact) mass is 614 g/mol. The number of nitrogens with zero attached hydrogens (tertiary/aromatic N) is 2. The van der Waals surface area contributed by atoms with Crippen LogP contribution in [0.4, 0.5) is 0 Å². The van der Waals surface area contributed by atoms with Crippen LogP contribution in [0.25, 0.3) is 83.6 Å². The molecule has 2 aromatic heterocycles. The third-order valence-corrected chi connectivity index (χ3v) is 9.13. The normalized spacial score (nSPS) is 11.3. The molecule has 0 aliphatic carbocycles. The first-order valence-corrected chi connectivity index (χ1v) is 16.2. The molecule has 9 rings (SSSR count). The van der Waals surface area contributed by atoms with Gasteiger partial charge in [0.05, 0.1) is 22.3 Å². The van der Waals surface area contributed by atoms with Gasteiger partial charge in [-0.05, 0) is 57.6 Å². The first kappa shape index (κ1) is 27.8. The lowest BCUT2D eigenvalue weighted by molar-refractivity contribution is 0.616. The zero-order valence-electron chi connectivity index (χ0n) is 26.1. The molecule has 0 unspecified atom stereocenters. The van der Waals surface area contributed by atoms with Gasteiger partial charge in [-0.1, -0.05) is 152 Å². The van der Waals surface area contributed by atoms with E-state index < -0.39 is 0 Å². The number of rotatable bonds is 6. The summed E-state index contributed by atoms with van der Waals surface area (Å²) in [5.74, 6) is 0.840. The predicted molar refractivity (Wildman–Crippen MR) is 198 cm³/mol. The SMILES string of the molecule is c1ccc(-c2ccc(-c3ccc4occ(-c5nc6ccccc6n5-c5c(-c6ccccc6)cccc5-c5ccccc5)c4c3)cc2)cc1. The van der Waals surface area contributed by atoms with E-state index in [4.69, 9.17) is 9.40 Å². The summed E-state index contributed by atoms with van der Waals surface area (Å²) in [5, 5.41) is 1.02. The average Bonchev–Trinajstić information content (AvgIpc) is 3.77. The van der Waals surface area contributed by atoms with Gasteiger partial charge >= 0.3 is 0 Å². The molecule has 0 radical (unpaired) electrons. The van der Waals surface area contributed by atoms with Crippen LogP contribution >= 0.6 is 0 Å². The summed E-state index contributed by atoms with van der Waals surface area (Å²) < 4.78 is 8.56. The zero-order valence-corrected chi connectivity index (χ0v) is 26.1. The van der Waals surface area contributed by atoms with Gasteiger partial charge in [-0.15, -0.1) is 0 Å². The molecule has 3 nitrogen and oxygen atoms in total. The Hall–Kier alpha value is -6.45. The Morgan fingerprint density at radius 3 is 1.58 bits per heavy atom. The standard InChI is InChI=1S/C45H30N2O/c1-4-13-31(14-5-1)32-23-25-33(26-24-32)36-27-28-43-39(29-36)40(30-48-43)45-46-41-21-10-11-22-42(41)47(45)44-37(34-15-6-2-7-16-34)19-12-20-38(44)35-17-8-3-9-18-35/h1-30H. The number of fused-ring (bicyclic) bond motifs is 2. The quantitative estimate of drug-likeness (QED) is 0.187. The molecule has 0 bridgehead atoms. The second-order valence-electron chi connectivity index (χ2n) is 12.0. The first-order chi connectivity index (χ1) is 23.8. The number of hydrogen-bond donors (Lipinski definition) is 0. The largest absolute Gasteiger partial charge is 0.464 e. The zero-order chi connectivity index (χ0) is 31.9. The van der Waals surface area contributed by atoms with Crippen LogP contribution in [0.15, 0.2) is 187 Å². The Balaban J connectivity index is 1.27. The molecule has 0 N–H and O–H groups in total. The Morgan fingerprint density at radius 2 is 0.938 bits per heavy atom. The number of aromatic nitrogens is 2. The minimum Gasteiger partial charge on any atom is -0.464 e. The fourth-order valence-corrected chi connectivity index (χ4v) is 6.79. The molecule has 0 aliphatic rings. The number of para-hydroxylation sites is 3. The van der Waals surface area contributed by atoms with E-state index in [-0.39, 0.29) is 0 Å². The van der Waals surface area contributed by atoms with E-state index in [1.165, 1.54) is 11.1 Å². The van der Waals surface area contributed by atoms with Crippen LogP contribution in [0.2, 0.25) is 0 Å². The van der Waals surface area contributed by atoms with Gasteiger partial charge < -0.3 is 4.42 Å². The Labute approximate surface area is 279 Å². The van der Waals surface area contributed by atoms with Crippen molar-refractivity contribution in [2.24, 2.45) is 0 Å². The van der Waals surface area contributed by atoms with Crippen molar-refractivity contribution < 1.29 is 4.42 Å². The van der Waals surface area contributed by atoms with Crippen LogP contribution in [0.5, 0.6) is 0 Å². The van der Waals surface area contributed by atoms with Crippen LogP contribution in [-0.4, -0.2) is 9.55 Å². The Kier molecular flexibility index (Phi) is 6.80. The second kappa shape index (κ2) is 11.7. The number of furan rings is 1. The average molecular weight is 615 g/mol. The van der Waals surface area contributed by atoms with E-state index in [0.29, 0.717) is 0 Å². The van der Waals surface area contributed by atoms with Gasteiger partial charge in [0.15, 0.2) is 0 Å². The van der Waals surface area contributed by atoms with Crippen LogP contribution in [-0.2, 0) is 0 Å². The lowest BCUT2D eigenvalue weighted by Gasteiger charge is -2.19. The summed E-state index contributed by atoms with van der Waals surface area (Å²) in [4.78, 5) is 5.30. The summed E-state index contributed by atoms with van der Waals surface area (Å²) in [6.07, 6.45) is 1.86. The highest BCUT2D eigenvalue weighted by molar-refractivity contribution is 5.99. The van der Waals surface area contributed by atoms with Crippen molar-refractivity contribution in [1.29, 1.82) is 0 Å². The van der Waals surface area contributed by atoms with Crippen LogP contribution < -0.4 is 0 Å². The van der Waals surface area contributed by atoms with Gasteiger partial charge in [0.1, 0.15) is 17.7 Å². The maximum Gasteiger partial charge on any atom is 0.149 e. The van der Waals surface area contributed by atoms with Crippen LogP contribution in [0.1, 0.15) is 0 Å². The van der Waals surface area contributed by atoms with E-state index >= 15 is 0 Å². The summed E-state index contributed by atoms with van der Waals surface area (Å²) in [6, 6.07) is 61.8. The lowest BCUT2D eigenvalue weighted by atomic mass is 9.95. The highest BCUT2D eigenvalue weighted by Gasteiger charge is 2.23. The second-order valence-corrected chi connectivity index (χ2v) is 12.0. The molecule has 0 amide bonds. The molecule has 0 saturated carbocycles. The Morgan fingerprint density at radius 1 is 0.417 bits per heavy atom. The molecule has 0 fully saturated rings. The molecule has 0 aliphatic heterocycles. The summed E-state index contributed by atoms with van der Waals surface area (Å²) in [7, 11) is 0. The van der Waals surface area contributed by atoms with Crippen molar-refractivity contribution in [3.05, 3.63) is 182 Å². The number of benzene rings is 7. The summed E-state index contributed by atoms with van der Waals surface area (Å²) in [5.41, 5.74) is 14.1. The van der Waals surface area contributed by atoms with Crippen LogP contribution in [0.3, 0.4) is 0 Å². The van der Waals surface area contributed by atoms with Gasteiger partial charge in [0.2, 0.25) is 0 Å². The minimum atomic E-state index is 0.827. The highest BCUT2D eigenvalue weighted by Crippen LogP contribution is 2.42. The first-order valence-electron chi connectivity index (χ1n) is 16.2. The molecule has 0 spiro atoms. The van der Waals surface area contributed by atoms with Gasteiger partial charge in [0.25, 0.3) is 0 Å². The molecule has 3 heteroatoms. The smallest absolute Gasteiger partial charge is 0.149 e. The maximum atomic E-state index is 6.23. The van der Waals surface area contributed by atoms with Crippen molar-refractivity contribution in [1.82, 2.24) is 9.55 Å². The predicted octanol–water partition coefficient (Wildman–Crippen LogP) is 12.1. The van der Waals surface area contributed by atoms with Gasteiger partial charge in [0, 0.05) is 16.5 Å². The molecule has 0 saturated heterocycles. The van der Waals surface area contributed by atoms with Crippen molar-refractivity contribution in [3.63, 3.8) is 0 Å². The van der Waals surface area contributed by atoms with E-state index in [9.17, 15) is 0 Å².